The Kier molecular flexibility index (Phi) is 4.47. The summed E-state index contributed by atoms with van der Waals surface area (Å²) in [7, 11) is 0. The molecule has 1 aliphatic rings. The maximum absolute atomic E-state index is 2.47. The third-order valence-corrected chi connectivity index (χ3v) is 4.44. The van der Waals surface area contributed by atoms with E-state index in [0.717, 1.165) is 18.8 Å². The molecule has 0 heterocycles. The summed E-state index contributed by atoms with van der Waals surface area (Å²) in [6.07, 6.45) is 7.18. The van der Waals surface area contributed by atoms with Crippen LogP contribution in [0, 0.1) is 5.92 Å². The number of benzene rings is 2. The predicted octanol–water partition coefficient (Wildman–Crippen LogP) is 6.29. The molecule has 22 heavy (non-hydrogen) atoms. The van der Waals surface area contributed by atoms with E-state index < -0.39 is 0 Å². The Morgan fingerprint density at radius 3 is 2.45 bits per heavy atom. The average molecular weight is 290 g/mol. The van der Waals surface area contributed by atoms with E-state index in [-0.39, 0.29) is 0 Å². The van der Waals surface area contributed by atoms with Crippen LogP contribution < -0.4 is 0 Å². The van der Waals surface area contributed by atoms with Gasteiger partial charge in [-0.1, -0.05) is 81.3 Å². The van der Waals surface area contributed by atoms with Crippen molar-refractivity contribution >= 4 is 6.08 Å². The molecule has 0 saturated carbocycles. The van der Waals surface area contributed by atoms with Crippen LogP contribution in [0.5, 0.6) is 0 Å². The van der Waals surface area contributed by atoms with Gasteiger partial charge in [0.15, 0.2) is 0 Å². The number of hydrogen-bond acceptors (Lipinski definition) is 0. The molecular formula is C22H26. The largest absolute Gasteiger partial charge is 0.0651 e. The molecule has 0 unspecified atom stereocenters. The minimum atomic E-state index is 0.732. The zero-order valence-electron chi connectivity index (χ0n) is 14.0. The summed E-state index contributed by atoms with van der Waals surface area (Å²) in [5.41, 5.74) is 8.91. The molecule has 0 bridgehead atoms. The smallest absolute Gasteiger partial charge is 0.00575 e. The van der Waals surface area contributed by atoms with Gasteiger partial charge in [0.1, 0.15) is 0 Å². The standard InChI is InChI=1S/C22H26/c1-4-8-18-11-12-20-14-17(13-16(2)3)15-21(20)22(18)19-9-6-5-7-10-19/h5-7,9-12,15-16H,4,8,13-14H2,1-3H3. The van der Waals surface area contributed by atoms with Crippen LogP contribution in [0.25, 0.3) is 17.2 Å². The fraction of sp³-hybridized carbons (Fsp3) is 0.364. The van der Waals surface area contributed by atoms with Gasteiger partial charge in [-0.25, -0.2) is 0 Å². The van der Waals surface area contributed by atoms with Crippen molar-refractivity contribution in [2.45, 2.75) is 46.5 Å². The van der Waals surface area contributed by atoms with Crippen LogP contribution in [-0.2, 0) is 12.8 Å². The van der Waals surface area contributed by atoms with E-state index in [1.165, 1.54) is 40.7 Å². The molecule has 0 amide bonds. The van der Waals surface area contributed by atoms with Gasteiger partial charge >= 0.3 is 0 Å². The summed E-state index contributed by atoms with van der Waals surface area (Å²) in [6.45, 7) is 6.89. The zero-order chi connectivity index (χ0) is 15.5. The van der Waals surface area contributed by atoms with Crippen LogP contribution in [0.15, 0.2) is 48.0 Å². The molecule has 0 fully saturated rings. The van der Waals surface area contributed by atoms with Gasteiger partial charge in [-0.2, -0.15) is 0 Å². The van der Waals surface area contributed by atoms with Crippen molar-refractivity contribution in [2.75, 3.05) is 0 Å². The van der Waals surface area contributed by atoms with Crippen LogP contribution in [0.1, 0.15) is 50.3 Å². The van der Waals surface area contributed by atoms with Crippen molar-refractivity contribution in [1.29, 1.82) is 0 Å². The molecule has 114 valence electrons. The second-order valence-electron chi connectivity index (χ2n) is 6.87. The van der Waals surface area contributed by atoms with E-state index in [0.29, 0.717) is 0 Å². The fourth-order valence-electron chi connectivity index (χ4n) is 3.61. The Bertz CT molecular complexity index is 675. The van der Waals surface area contributed by atoms with Crippen molar-refractivity contribution in [3.8, 4) is 11.1 Å². The summed E-state index contributed by atoms with van der Waals surface area (Å²) in [4.78, 5) is 0. The van der Waals surface area contributed by atoms with Crippen LogP contribution >= 0.6 is 0 Å². The molecule has 0 saturated heterocycles. The molecule has 0 nitrogen and oxygen atoms in total. The first kappa shape index (κ1) is 15.1. The van der Waals surface area contributed by atoms with E-state index in [9.17, 15) is 0 Å². The highest BCUT2D eigenvalue weighted by Gasteiger charge is 2.19. The summed E-state index contributed by atoms with van der Waals surface area (Å²) in [6, 6.07) is 15.6. The summed E-state index contributed by atoms with van der Waals surface area (Å²) in [5.74, 6) is 0.732. The molecular weight excluding hydrogens is 264 g/mol. The monoisotopic (exact) mass is 290 g/mol. The molecule has 1 aliphatic carbocycles. The van der Waals surface area contributed by atoms with Crippen LogP contribution in [-0.4, -0.2) is 0 Å². The average Bonchev–Trinajstić information content (AvgIpc) is 2.89. The van der Waals surface area contributed by atoms with Gasteiger partial charge in [-0.15, -0.1) is 0 Å². The summed E-state index contributed by atoms with van der Waals surface area (Å²) in [5, 5.41) is 0. The SMILES string of the molecule is CCCc1ccc2c(c1-c1ccccc1)C=C(CC(C)C)C2. The van der Waals surface area contributed by atoms with Crippen LogP contribution in [0.3, 0.4) is 0 Å². The molecule has 3 rings (SSSR count). The molecule has 0 N–H and O–H groups in total. The lowest BCUT2D eigenvalue weighted by molar-refractivity contribution is 0.638. The molecule has 0 aromatic heterocycles. The van der Waals surface area contributed by atoms with Gasteiger partial charge in [0.05, 0.1) is 0 Å². The normalized spacial score (nSPS) is 13.4. The van der Waals surface area contributed by atoms with Crippen LogP contribution in [0.2, 0.25) is 0 Å². The molecule has 0 radical (unpaired) electrons. The number of aryl methyl sites for hydroxylation is 1. The van der Waals surface area contributed by atoms with Gasteiger partial charge in [0.2, 0.25) is 0 Å². The second-order valence-corrected chi connectivity index (χ2v) is 6.87. The van der Waals surface area contributed by atoms with Crippen LogP contribution in [0.4, 0.5) is 0 Å². The highest BCUT2D eigenvalue weighted by atomic mass is 14.2. The maximum Gasteiger partial charge on any atom is -0.00575 e. The highest BCUT2D eigenvalue weighted by Crippen LogP contribution is 2.38. The van der Waals surface area contributed by atoms with E-state index in [1.807, 2.05) is 0 Å². The molecule has 0 heteroatoms. The van der Waals surface area contributed by atoms with Crippen molar-refractivity contribution < 1.29 is 0 Å². The molecule has 0 spiro atoms. The third-order valence-electron chi connectivity index (χ3n) is 4.44. The minimum absolute atomic E-state index is 0.732. The lowest BCUT2D eigenvalue weighted by atomic mass is 9.90. The number of hydrogen-bond donors (Lipinski definition) is 0. The van der Waals surface area contributed by atoms with Crippen molar-refractivity contribution in [3.63, 3.8) is 0 Å². The topological polar surface area (TPSA) is 0 Å². The quantitative estimate of drug-likeness (QED) is 0.607. The number of rotatable bonds is 5. The van der Waals surface area contributed by atoms with Crippen molar-refractivity contribution in [1.82, 2.24) is 0 Å². The van der Waals surface area contributed by atoms with Crippen molar-refractivity contribution in [3.05, 3.63) is 64.7 Å². The first-order valence-corrected chi connectivity index (χ1v) is 8.58. The molecule has 2 aromatic carbocycles. The Morgan fingerprint density at radius 1 is 1.00 bits per heavy atom. The lowest BCUT2D eigenvalue weighted by Crippen LogP contribution is -1.95. The zero-order valence-corrected chi connectivity index (χ0v) is 14.0. The highest BCUT2D eigenvalue weighted by molar-refractivity contribution is 5.83. The Morgan fingerprint density at radius 2 is 1.77 bits per heavy atom. The number of allylic oxidation sites excluding steroid dienone is 1. The fourth-order valence-corrected chi connectivity index (χ4v) is 3.61. The lowest BCUT2D eigenvalue weighted by Gasteiger charge is -2.14. The van der Waals surface area contributed by atoms with Gasteiger partial charge in [0, 0.05) is 0 Å². The molecule has 0 atom stereocenters. The van der Waals surface area contributed by atoms with Gasteiger partial charge < -0.3 is 0 Å². The van der Waals surface area contributed by atoms with Gasteiger partial charge in [-0.05, 0) is 53.0 Å². The molecule has 0 aliphatic heterocycles. The molecule has 2 aromatic rings. The first-order valence-electron chi connectivity index (χ1n) is 8.58. The summed E-state index contributed by atoms with van der Waals surface area (Å²) >= 11 is 0. The van der Waals surface area contributed by atoms with Gasteiger partial charge in [-0.3, -0.25) is 0 Å². The number of fused-ring (bicyclic) bond motifs is 1. The Balaban J connectivity index is 2.10. The maximum atomic E-state index is 2.47. The first-order chi connectivity index (χ1) is 10.7. The summed E-state index contributed by atoms with van der Waals surface area (Å²) < 4.78 is 0. The Labute approximate surface area is 134 Å². The Hall–Kier alpha value is -1.82. The minimum Gasteiger partial charge on any atom is -0.0651 e. The predicted molar refractivity (Wildman–Crippen MR) is 97.0 cm³/mol. The third kappa shape index (κ3) is 3.02. The van der Waals surface area contributed by atoms with E-state index in [2.05, 4.69) is 69.3 Å². The van der Waals surface area contributed by atoms with E-state index in [4.69, 9.17) is 0 Å². The van der Waals surface area contributed by atoms with E-state index >= 15 is 0 Å². The van der Waals surface area contributed by atoms with E-state index in [1.54, 1.807) is 5.57 Å². The van der Waals surface area contributed by atoms with Gasteiger partial charge in [0.25, 0.3) is 0 Å². The second kappa shape index (κ2) is 6.52. The van der Waals surface area contributed by atoms with Crippen molar-refractivity contribution in [2.24, 2.45) is 5.92 Å².